The van der Waals surface area contributed by atoms with Crippen molar-refractivity contribution in [2.45, 2.75) is 32.7 Å². The highest BCUT2D eigenvalue weighted by Gasteiger charge is 2.73. The third-order valence-electron chi connectivity index (χ3n) is 4.46. The van der Waals surface area contributed by atoms with Gasteiger partial charge in [-0.2, -0.15) is 30.7 Å². The van der Waals surface area contributed by atoms with Crippen molar-refractivity contribution in [2.75, 3.05) is 6.61 Å². The van der Waals surface area contributed by atoms with Crippen molar-refractivity contribution < 1.29 is 40.3 Å². The van der Waals surface area contributed by atoms with E-state index in [4.69, 9.17) is 0 Å². The Morgan fingerprint density at radius 2 is 1.18 bits per heavy atom. The number of halogens is 7. The molecule has 0 aliphatic heterocycles. The summed E-state index contributed by atoms with van der Waals surface area (Å²) < 4.78 is 94.0. The van der Waals surface area contributed by atoms with Crippen molar-refractivity contribution in [1.29, 1.82) is 0 Å². The number of ether oxygens (including phenoxy) is 1. The average molecular weight is 489 g/mol. The summed E-state index contributed by atoms with van der Waals surface area (Å²) in [5.41, 5.74) is -0.261. The quantitative estimate of drug-likeness (QED) is 0.208. The molecular formula is C23H16F7O2S+. The lowest BCUT2D eigenvalue weighted by Crippen LogP contribution is -2.54. The number of alkyl halides is 7. The van der Waals surface area contributed by atoms with Crippen molar-refractivity contribution in [2.24, 2.45) is 0 Å². The molecule has 33 heavy (non-hydrogen) atoms. The Labute approximate surface area is 187 Å². The monoisotopic (exact) mass is 489 g/mol. The van der Waals surface area contributed by atoms with Gasteiger partial charge in [0.2, 0.25) is 0 Å². The first-order chi connectivity index (χ1) is 15.4. The van der Waals surface area contributed by atoms with Crippen LogP contribution in [0.4, 0.5) is 30.7 Å². The van der Waals surface area contributed by atoms with Crippen LogP contribution in [0.3, 0.4) is 0 Å². The smallest absolute Gasteiger partial charge is 0.455 e. The highest BCUT2D eigenvalue weighted by Crippen LogP contribution is 2.46. The van der Waals surface area contributed by atoms with E-state index in [0.717, 1.165) is 9.79 Å². The van der Waals surface area contributed by atoms with Gasteiger partial charge < -0.3 is 4.74 Å². The largest absolute Gasteiger partial charge is 0.460 e. The van der Waals surface area contributed by atoms with E-state index in [-0.39, 0.29) is 5.56 Å². The summed E-state index contributed by atoms with van der Waals surface area (Å²) >= 11 is 0. The summed E-state index contributed by atoms with van der Waals surface area (Å²) in [5.74, 6) is -13.4. The molecule has 0 spiro atoms. The molecule has 0 saturated carbocycles. The molecule has 0 amide bonds. The lowest BCUT2D eigenvalue weighted by molar-refractivity contribution is -0.359. The second kappa shape index (κ2) is 9.46. The summed E-state index contributed by atoms with van der Waals surface area (Å²) in [4.78, 5) is 14.6. The first-order valence-corrected chi connectivity index (χ1v) is 10.6. The summed E-state index contributed by atoms with van der Waals surface area (Å²) in [7, 11) is -0.713. The number of rotatable bonds is 7. The van der Waals surface area contributed by atoms with Crippen molar-refractivity contribution in [3.8, 4) is 0 Å². The van der Waals surface area contributed by atoms with Crippen LogP contribution in [0.15, 0.2) is 99.6 Å². The van der Waals surface area contributed by atoms with Crippen LogP contribution in [0.5, 0.6) is 0 Å². The Bertz CT molecular complexity index is 1050. The van der Waals surface area contributed by atoms with Crippen molar-refractivity contribution in [1.82, 2.24) is 0 Å². The van der Waals surface area contributed by atoms with Gasteiger partial charge in [-0.05, 0) is 36.4 Å². The van der Waals surface area contributed by atoms with Gasteiger partial charge in [-0.15, -0.1) is 0 Å². The molecule has 3 rings (SSSR count). The van der Waals surface area contributed by atoms with Gasteiger partial charge in [0.05, 0.1) is 16.5 Å². The van der Waals surface area contributed by atoms with Gasteiger partial charge >= 0.3 is 24.0 Å². The Hall–Kier alpha value is -3.01. The van der Waals surface area contributed by atoms with E-state index in [9.17, 15) is 35.5 Å². The molecule has 3 aromatic rings. The summed E-state index contributed by atoms with van der Waals surface area (Å²) in [5, 5.41) is 0. The molecule has 0 atom stereocenters. The van der Waals surface area contributed by atoms with Crippen LogP contribution in [0, 0.1) is 0 Å². The molecule has 2 nitrogen and oxygen atoms in total. The molecule has 0 unspecified atom stereocenters. The zero-order valence-electron chi connectivity index (χ0n) is 16.7. The Morgan fingerprint density at radius 1 is 0.697 bits per heavy atom. The number of hydrogen-bond donors (Lipinski definition) is 0. The van der Waals surface area contributed by atoms with Gasteiger partial charge in [-0.3, -0.25) is 0 Å². The average Bonchev–Trinajstić information content (AvgIpc) is 2.78. The molecule has 0 fully saturated rings. The number of esters is 1. The van der Waals surface area contributed by atoms with E-state index in [0.29, 0.717) is 4.90 Å². The Morgan fingerprint density at radius 3 is 1.67 bits per heavy atom. The van der Waals surface area contributed by atoms with E-state index in [2.05, 4.69) is 4.74 Å². The van der Waals surface area contributed by atoms with Gasteiger partial charge in [0, 0.05) is 6.07 Å². The van der Waals surface area contributed by atoms with Crippen LogP contribution in [0.1, 0.15) is 10.4 Å². The predicted molar refractivity (Wildman–Crippen MR) is 108 cm³/mol. The van der Waals surface area contributed by atoms with Gasteiger partial charge in [-0.1, -0.05) is 42.5 Å². The maximum absolute atomic E-state index is 13.5. The lowest BCUT2D eigenvalue weighted by atomic mass is 10.1. The SMILES string of the molecule is O=C(OCC(F)(F)C(F)(F)C(F)(F)F)c1cccc([S+](c2ccccc2)c2ccccc2)c1. The van der Waals surface area contributed by atoms with Crippen molar-refractivity contribution in [3.05, 3.63) is 90.5 Å². The highest BCUT2D eigenvalue weighted by molar-refractivity contribution is 7.97. The first-order valence-electron chi connectivity index (χ1n) is 9.38. The van der Waals surface area contributed by atoms with Gasteiger partial charge in [0.25, 0.3) is 0 Å². The molecule has 0 heterocycles. The topological polar surface area (TPSA) is 26.3 Å². The molecule has 0 aliphatic rings. The molecule has 0 aliphatic carbocycles. The standard InChI is InChI=1S/C23H16F7O2S/c24-21(25,22(26,27)23(28,29)30)15-32-20(31)16-8-7-13-19(14-16)33(17-9-3-1-4-10-17)18-11-5-2-6-12-18/h1-14H,15H2/q+1. The van der Waals surface area contributed by atoms with Gasteiger partial charge in [0.15, 0.2) is 21.3 Å². The molecule has 10 heteroatoms. The summed E-state index contributed by atoms with van der Waals surface area (Å²) in [6, 6.07) is 24.0. The van der Waals surface area contributed by atoms with Crippen LogP contribution in [0.2, 0.25) is 0 Å². The fourth-order valence-corrected chi connectivity index (χ4v) is 4.94. The normalized spacial score (nSPS) is 12.6. The summed E-state index contributed by atoms with van der Waals surface area (Å²) in [6.45, 7) is -2.42. The number of carbonyl (C=O) groups is 1. The molecule has 174 valence electrons. The molecule has 0 bridgehead atoms. The second-order valence-corrected chi connectivity index (χ2v) is 8.84. The van der Waals surface area contributed by atoms with E-state index < -0.39 is 41.5 Å². The van der Waals surface area contributed by atoms with Gasteiger partial charge in [-0.25, -0.2) is 4.79 Å². The number of hydrogen-bond acceptors (Lipinski definition) is 2. The third kappa shape index (κ3) is 5.32. The molecule has 0 N–H and O–H groups in total. The first kappa shape index (κ1) is 24.6. The maximum atomic E-state index is 13.5. The lowest BCUT2D eigenvalue weighted by Gasteiger charge is -2.27. The molecule has 0 radical (unpaired) electrons. The number of carbonyl (C=O) groups excluding carboxylic acids is 1. The van der Waals surface area contributed by atoms with Crippen LogP contribution < -0.4 is 0 Å². The van der Waals surface area contributed by atoms with E-state index in [1.54, 1.807) is 6.07 Å². The zero-order chi connectivity index (χ0) is 24.3. The molecule has 0 aromatic heterocycles. The zero-order valence-corrected chi connectivity index (χ0v) is 17.5. The van der Waals surface area contributed by atoms with E-state index in [1.807, 2.05) is 60.7 Å². The van der Waals surface area contributed by atoms with Gasteiger partial charge in [0.1, 0.15) is 0 Å². The van der Waals surface area contributed by atoms with E-state index in [1.165, 1.54) is 18.2 Å². The minimum absolute atomic E-state index is 0.261. The predicted octanol–water partition coefficient (Wildman–Crippen LogP) is 6.77. The van der Waals surface area contributed by atoms with Crippen LogP contribution >= 0.6 is 0 Å². The van der Waals surface area contributed by atoms with Crippen LogP contribution in [0.25, 0.3) is 0 Å². The van der Waals surface area contributed by atoms with E-state index >= 15 is 0 Å². The number of benzene rings is 3. The molecule has 0 saturated heterocycles. The minimum atomic E-state index is -6.50. The Kier molecular flexibility index (Phi) is 7.06. The van der Waals surface area contributed by atoms with Crippen LogP contribution in [-0.4, -0.2) is 30.6 Å². The maximum Gasteiger partial charge on any atom is 0.460 e. The van der Waals surface area contributed by atoms with Crippen LogP contribution in [-0.2, 0) is 15.6 Å². The highest BCUT2D eigenvalue weighted by atomic mass is 32.2. The second-order valence-electron chi connectivity index (χ2n) is 6.81. The van der Waals surface area contributed by atoms with Crippen molar-refractivity contribution in [3.63, 3.8) is 0 Å². The van der Waals surface area contributed by atoms with Crippen molar-refractivity contribution >= 4 is 16.9 Å². The minimum Gasteiger partial charge on any atom is -0.455 e. The fraction of sp³-hybridized carbons (Fsp3) is 0.174. The molecule has 3 aromatic carbocycles. The molecular weight excluding hydrogens is 473 g/mol. The fourth-order valence-electron chi connectivity index (χ4n) is 2.81. The summed E-state index contributed by atoms with van der Waals surface area (Å²) in [6.07, 6.45) is -6.50. The Balaban J connectivity index is 1.87. The third-order valence-corrected chi connectivity index (χ3v) is 6.68.